The fourth-order valence-electron chi connectivity index (χ4n) is 2.30. The highest BCUT2D eigenvalue weighted by atomic mass is 16.3. The molecule has 18 heavy (non-hydrogen) atoms. The zero-order chi connectivity index (χ0) is 13.7. The molecular weight excluding hydrogens is 244 g/mol. The summed E-state index contributed by atoms with van der Waals surface area (Å²) in [7, 11) is 0. The van der Waals surface area contributed by atoms with Crippen LogP contribution in [0.15, 0.2) is 10.2 Å². The fourth-order valence-corrected chi connectivity index (χ4v) is 2.30. The SMILES string of the molecule is [N-]=[N+]=N[C@@H]1[C@@H](O)[C@H](CO)[C@H](CO)[C@@H](O)[C@@H]1N=[N+]=[N-]. The Bertz CT molecular complexity index is 344. The summed E-state index contributed by atoms with van der Waals surface area (Å²) in [4.78, 5) is 5.05. The molecule has 0 radical (unpaired) electrons. The number of nitrogens with zero attached hydrogens (tertiary/aromatic N) is 6. The minimum absolute atomic E-state index is 0.496. The average Bonchev–Trinajstić information content (AvgIpc) is 2.37. The first-order chi connectivity index (χ1) is 8.62. The Morgan fingerprint density at radius 3 is 1.39 bits per heavy atom. The van der Waals surface area contributed by atoms with Crippen LogP contribution in [0.5, 0.6) is 0 Å². The molecule has 10 heteroatoms. The van der Waals surface area contributed by atoms with Gasteiger partial charge in [-0.3, -0.25) is 0 Å². The van der Waals surface area contributed by atoms with Crippen LogP contribution < -0.4 is 0 Å². The van der Waals surface area contributed by atoms with Gasteiger partial charge in [0.05, 0.1) is 24.3 Å². The summed E-state index contributed by atoms with van der Waals surface area (Å²) >= 11 is 0. The minimum Gasteiger partial charge on any atom is -0.396 e. The Morgan fingerprint density at radius 2 is 1.17 bits per heavy atom. The van der Waals surface area contributed by atoms with Crippen LogP contribution >= 0.6 is 0 Å². The van der Waals surface area contributed by atoms with E-state index in [1.165, 1.54) is 0 Å². The van der Waals surface area contributed by atoms with E-state index in [1.807, 2.05) is 0 Å². The van der Waals surface area contributed by atoms with Gasteiger partial charge in [-0.1, -0.05) is 10.2 Å². The number of rotatable bonds is 4. The van der Waals surface area contributed by atoms with Gasteiger partial charge in [-0.05, 0) is 11.1 Å². The lowest BCUT2D eigenvalue weighted by atomic mass is 9.71. The first kappa shape index (κ1) is 14.5. The van der Waals surface area contributed by atoms with E-state index in [-0.39, 0.29) is 0 Å². The van der Waals surface area contributed by atoms with Crippen molar-refractivity contribution in [1.29, 1.82) is 0 Å². The van der Waals surface area contributed by atoms with E-state index in [0.717, 1.165) is 0 Å². The van der Waals surface area contributed by atoms with Gasteiger partial charge in [0.25, 0.3) is 0 Å². The summed E-state index contributed by atoms with van der Waals surface area (Å²) in [5.41, 5.74) is 16.8. The van der Waals surface area contributed by atoms with Crippen molar-refractivity contribution in [3.63, 3.8) is 0 Å². The smallest absolute Gasteiger partial charge is 0.0746 e. The van der Waals surface area contributed by atoms with Crippen molar-refractivity contribution >= 4 is 0 Å². The van der Waals surface area contributed by atoms with Gasteiger partial charge in [0.2, 0.25) is 0 Å². The second-order valence-electron chi connectivity index (χ2n) is 4.07. The third-order valence-electron chi connectivity index (χ3n) is 3.27. The first-order valence-electron chi connectivity index (χ1n) is 5.28. The zero-order valence-corrected chi connectivity index (χ0v) is 9.35. The largest absolute Gasteiger partial charge is 0.396 e. The van der Waals surface area contributed by atoms with Crippen LogP contribution in [-0.4, -0.2) is 57.9 Å². The maximum Gasteiger partial charge on any atom is 0.0746 e. The minimum atomic E-state index is -1.30. The predicted octanol–water partition coefficient (Wildman–Crippen LogP) is -0.703. The van der Waals surface area contributed by atoms with Crippen molar-refractivity contribution in [3.8, 4) is 0 Å². The number of hydrogen-bond acceptors (Lipinski definition) is 6. The second-order valence-corrected chi connectivity index (χ2v) is 4.07. The van der Waals surface area contributed by atoms with Crippen molar-refractivity contribution in [2.45, 2.75) is 24.3 Å². The molecule has 6 atom stereocenters. The second kappa shape index (κ2) is 6.41. The molecule has 0 spiro atoms. The lowest BCUT2D eigenvalue weighted by Gasteiger charge is -2.43. The van der Waals surface area contributed by atoms with Crippen molar-refractivity contribution < 1.29 is 20.4 Å². The average molecular weight is 258 g/mol. The molecule has 10 nitrogen and oxygen atoms in total. The highest BCUT2D eigenvalue weighted by Crippen LogP contribution is 2.34. The number of azide groups is 2. The van der Waals surface area contributed by atoms with Gasteiger partial charge in [0.1, 0.15) is 0 Å². The van der Waals surface area contributed by atoms with Crippen LogP contribution in [0.4, 0.5) is 0 Å². The summed E-state index contributed by atoms with van der Waals surface area (Å²) in [6.07, 6.45) is -2.61. The highest BCUT2D eigenvalue weighted by molar-refractivity contribution is 5.04. The molecule has 1 aliphatic carbocycles. The molecule has 0 saturated heterocycles. The van der Waals surface area contributed by atoms with Crippen molar-refractivity contribution in [2.75, 3.05) is 13.2 Å². The Morgan fingerprint density at radius 1 is 0.833 bits per heavy atom. The molecule has 0 amide bonds. The molecule has 1 saturated carbocycles. The molecule has 0 aliphatic heterocycles. The summed E-state index contributed by atoms with van der Waals surface area (Å²) in [5.74, 6) is -1.71. The number of aliphatic hydroxyl groups is 4. The summed E-state index contributed by atoms with van der Waals surface area (Å²) in [6, 6.07) is -2.36. The van der Waals surface area contributed by atoms with Crippen LogP contribution in [0.25, 0.3) is 20.9 Å². The van der Waals surface area contributed by atoms with Gasteiger partial charge in [-0.15, -0.1) is 0 Å². The van der Waals surface area contributed by atoms with Crippen molar-refractivity contribution in [1.82, 2.24) is 0 Å². The fraction of sp³-hybridized carbons (Fsp3) is 1.00. The van der Waals surface area contributed by atoms with Crippen LogP contribution in [-0.2, 0) is 0 Å². The molecule has 0 aromatic heterocycles. The molecule has 4 N–H and O–H groups in total. The monoisotopic (exact) mass is 258 g/mol. The Labute approximate surface area is 102 Å². The Balaban J connectivity index is 3.16. The molecular formula is C8H14N6O4. The van der Waals surface area contributed by atoms with E-state index in [4.69, 9.17) is 21.3 Å². The summed E-state index contributed by atoms with van der Waals surface area (Å²) in [6.45, 7) is -0.992. The van der Waals surface area contributed by atoms with Gasteiger partial charge in [0, 0.05) is 34.9 Å². The van der Waals surface area contributed by atoms with Gasteiger partial charge in [0.15, 0.2) is 0 Å². The predicted molar refractivity (Wildman–Crippen MR) is 59.0 cm³/mol. The first-order valence-corrected chi connectivity index (χ1v) is 5.28. The third kappa shape index (κ3) is 2.49. The maximum absolute atomic E-state index is 9.95. The van der Waals surface area contributed by atoms with Gasteiger partial charge < -0.3 is 20.4 Å². The van der Waals surface area contributed by atoms with Gasteiger partial charge in [-0.2, -0.15) is 0 Å². The quantitative estimate of drug-likeness (QED) is 0.296. The Hall–Kier alpha value is -1.54. The molecule has 0 heterocycles. The molecule has 0 aromatic carbocycles. The molecule has 0 bridgehead atoms. The standard InChI is InChI=1S/C8H14N6O4/c9-13-11-5-6(12-14-10)8(18)4(2-16)3(1-15)7(5)17/h3-8,15-18H,1-2H2/t3-,4+,5+,6-,7+,8-. The number of hydrogen-bond donors (Lipinski definition) is 4. The lowest BCUT2D eigenvalue weighted by Crippen LogP contribution is -2.58. The zero-order valence-electron chi connectivity index (χ0n) is 9.35. The highest BCUT2D eigenvalue weighted by Gasteiger charge is 2.48. The molecule has 0 aromatic rings. The van der Waals surface area contributed by atoms with Crippen molar-refractivity contribution in [3.05, 3.63) is 20.9 Å². The third-order valence-corrected chi connectivity index (χ3v) is 3.27. The van der Waals surface area contributed by atoms with E-state index in [1.54, 1.807) is 0 Å². The number of aliphatic hydroxyl groups excluding tert-OH is 4. The maximum atomic E-state index is 9.95. The van der Waals surface area contributed by atoms with Crippen LogP contribution in [0.3, 0.4) is 0 Å². The van der Waals surface area contributed by atoms with E-state index < -0.39 is 49.3 Å². The van der Waals surface area contributed by atoms with Crippen molar-refractivity contribution in [2.24, 2.45) is 22.1 Å². The normalized spacial score (nSPS) is 39.6. The van der Waals surface area contributed by atoms with Crippen LogP contribution in [0.1, 0.15) is 0 Å². The Kier molecular flexibility index (Phi) is 5.17. The van der Waals surface area contributed by atoms with E-state index >= 15 is 0 Å². The molecule has 0 unspecified atom stereocenters. The summed E-state index contributed by atoms with van der Waals surface area (Å²) in [5, 5.41) is 44.8. The lowest BCUT2D eigenvalue weighted by molar-refractivity contribution is -0.0975. The van der Waals surface area contributed by atoms with Gasteiger partial charge in [-0.25, -0.2) is 0 Å². The molecule has 1 fully saturated rings. The molecule has 1 aliphatic rings. The van der Waals surface area contributed by atoms with E-state index in [9.17, 15) is 10.2 Å². The molecule has 100 valence electrons. The van der Waals surface area contributed by atoms with Crippen LogP contribution in [0.2, 0.25) is 0 Å². The van der Waals surface area contributed by atoms with Gasteiger partial charge >= 0.3 is 0 Å². The van der Waals surface area contributed by atoms with E-state index in [0.29, 0.717) is 0 Å². The molecule has 1 rings (SSSR count). The summed E-state index contributed by atoms with van der Waals surface area (Å²) < 4.78 is 0. The topological polar surface area (TPSA) is 178 Å². The van der Waals surface area contributed by atoms with Crippen LogP contribution in [0, 0.1) is 11.8 Å². The van der Waals surface area contributed by atoms with E-state index in [2.05, 4.69) is 20.1 Å².